The zero-order chi connectivity index (χ0) is 18.8. The van der Waals surface area contributed by atoms with E-state index >= 15 is 0 Å². The molecule has 5 nitrogen and oxygen atoms in total. The fourth-order valence-electron chi connectivity index (χ4n) is 2.68. The van der Waals surface area contributed by atoms with E-state index in [2.05, 4.69) is 10.3 Å². The largest absolute Gasteiger partial charge is 0.417 e. The summed E-state index contributed by atoms with van der Waals surface area (Å²) in [5.41, 5.74) is 0.443. The van der Waals surface area contributed by atoms with Gasteiger partial charge in [0.05, 0.1) is 5.39 Å². The van der Waals surface area contributed by atoms with Crippen LogP contribution in [-0.2, 0) is 6.42 Å². The highest BCUT2D eigenvalue weighted by Gasteiger charge is 2.14. The van der Waals surface area contributed by atoms with E-state index in [9.17, 15) is 9.59 Å². The lowest BCUT2D eigenvalue weighted by Crippen LogP contribution is -2.14. The fraction of sp³-hybridized carbons (Fsp3) is 0.0500. The van der Waals surface area contributed by atoms with Crippen molar-refractivity contribution in [3.63, 3.8) is 0 Å². The Balaban J connectivity index is 1.53. The third-order valence-corrected chi connectivity index (χ3v) is 5.27. The van der Waals surface area contributed by atoms with Crippen LogP contribution in [0.1, 0.15) is 21.0 Å². The van der Waals surface area contributed by atoms with Crippen molar-refractivity contribution < 1.29 is 9.21 Å². The number of halogens is 1. The second-order valence-corrected chi connectivity index (χ2v) is 7.36. The van der Waals surface area contributed by atoms with E-state index in [4.69, 9.17) is 16.0 Å². The van der Waals surface area contributed by atoms with Crippen LogP contribution in [-0.4, -0.2) is 10.9 Å². The summed E-state index contributed by atoms with van der Waals surface area (Å²) in [6, 6.07) is 16.1. The number of carbonyl (C=O) groups excluding carboxylic acids is 1. The number of hydrogen-bond acceptors (Lipinski definition) is 5. The normalized spacial score (nSPS) is 10.9. The number of hydrogen-bond donors (Lipinski definition) is 1. The number of nitrogens with zero attached hydrogens (tertiary/aromatic N) is 1. The van der Waals surface area contributed by atoms with Gasteiger partial charge in [-0.15, -0.1) is 11.3 Å². The van der Waals surface area contributed by atoms with Crippen molar-refractivity contribution in [3.8, 4) is 0 Å². The van der Waals surface area contributed by atoms with Crippen molar-refractivity contribution in [3.05, 3.63) is 92.4 Å². The van der Waals surface area contributed by atoms with Crippen molar-refractivity contribution in [2.75, 3.05) is 5.32 Å². The van der Waals surface area contributed by atoms with Crippen molar-refractivity contribution in [2.24, 2.45) is 0 Å². The Morgan fingerprint density at radius 2 is 1.93 bits per heavy atom. The van der Waals surface area contributed by atoms with E-state index in [0.717, 1.165) is 10.4 Å². The lowest BCUT2D eigenvalue weighted by molar-refractivity contribution is 0.0993. The lowest BCUT2D eigenvalue weighted by atomic mass is 10.1. The Bertz CT molecular complexity index is 1200. The summed E-state index contributed by atoms with van der Waals surface area (Å²) >= 11 is 7.53. The SMILES string of the molecule is O=C(Nc1ncc(Cc2ccccc2Cl)s1)c1cc2ccccc2c(=O)o1. The first kappa shape index (κ1) is 17.5. The topological polar surface area (TPSA) is 72.2 Å². The minimum atomic E-state index is -0.545. The predicted molar refractivity (Wildman–Crippen MR) is 107 cm³/mol. The van der Waals surface area contributed by atoms with E-state index in [-0.39, 0.29) is 5.76 Å². The quantitative estimate of drug-likeness (QED) is 0.540. The standard InChI is InChI=1S/C20H13ClN2O3S/c21-16-8-4-2-6-13(16)9-14-11-22-20(27-14)23-18(24)17-10-12-5-1-3-7-15(12)19(25)26-17/h1-8,10-11H,9H2,(H,22,23,24). The number of anilines is 1. The molecule has 0 atom stereocenters. The zero-order valence-electron chi connectivity index (χ0n) is 13.9. The van der Waals surface area contributed by atoms with Gasteiger partial charge >= 0.3 is 5.63 Å². The summed E-state index contributed by atoms with van der Waals surface area (Å²) in [6.45, 7) is 0. The third kappa shape index (κ3) is 3.77. The lowest BCUT2D eigenvalue weighted by Gasteiger charge is -2.02. The van der Waals surface area contributed by atoms with Gasteiger partial charge in [-0.1, -0.05) is 48.0 Å². The highest BCUT2D eigenvalue weighted by atomic mass is 35.5. The molecule has 0 saturated carbocycles. The van der Waals surface area contributed by atoms with Gasteiger partial charge in [0.15, 0.2) is 10.9 Å². The van der Waals surface area contributed by atoms with E-state index in [0.29, 0.717) is 27.3 Å². The van der Waals surface area contributed by atoms with Crippen molar-refractivity contribution in [1.82, 2.24) is 4.98 Å². The molecule has 0 fully saturated rings. The Hall–Kier alpha value is -2.96. The first-order valence-electron chi connectivity index (χ1n) is 8.12. The second-order valence-electron chi connectivity index (χ2n) is 5.84. The fourth-order valence-corrected chi connectivity index (χ4v) is 3.71. The molecule has 0 saturated heterocycles. The monoisotopic (exact) mass is 396 g/mol. The van der Waals surface area contributed by atoms with Gasteiger partial charge in [0.25, 0.3) is 5.91 Å². The highest BCUT2D eigenvalue weighted by molar-refractivity contribution is 7.15. The molecule has 0 aliphatic rings. The molecular weight excluding hydrogens is 384 g/mol. The van der Waals surface area contributed by atoms with Crippen molar-refractivity contribution >= 4 is 44.7 Å². The Kier molecular flexibility index (Phi) is 4.75. The number of thiazole rings is 1. The van der Waals surface area contributed by atoms with E-state index in [1.807, 2.05) is 24.3 Å². The van der Waals surface area contributed by atoms with Gasteiger partial charge in [0.1, 0.15) is 0 Å². The molecule has 0 aliphatic heterocycles. The van der Waals surface area contributed by atoms with Crippen LogP contribution in [0.4, 0.5) is 5.13 Å². The van der Waals surface area contributed by atoms with Gasteiger partial charge in [-0.05, 0) is 29.1 Å². The van der Waals surface area contributed by atoms with E-state index in [1.165, 1.54) is 11.3 Å². The first-order chi connectivity index (χ1) is 13.1. The van der Waals surface area contributed by atoms with Crippen LogP contribution in [0.5, 0.6) is 0 Å². The van der Waals surface area contributed by atoms with Crippen LogP contribution < -0.4 is 10.9 Å². The average molecular weight is 397 g/mol. The van der Waals surface area contributed by atoms with Gasteiger partial charge in [0, 0.05) is 22.5 Å². The number of aromatic nitrogens is 1. The van der Waals surface area contributed by atoms with E-state index < -0.39 is 11.5 Å². The summed E-state index contributed by atoms with van der Waals surface area (Å²) in [5, 5.41) is 4.88. The molecule has 2 heterocycles. The number of carbonyl (C=O) groups is 1. The molecule has 0 aliphatic carbocycles. The van der Waals surface area contributed by atoms with Gasteiger partial charge in [-0.3, -0.25) is 10.1 Å². The molecule has 27 heavy (non-hydrogen) atoms. The predicted octanol–water partition coefficient (Wildman–Crippen LogP) is 4.75. The average Bonchev–Trinajstić information content (AvgIpc) is 3.10. The molecule has 7 heteroatoms. The van der Waals surface area contributed by atoms with Gasteiger partial charge < -0.3 is 4.42 Å². The summed E-state index contributed by atoms with van der Waals surface area (Å²) in [5.74, 6) is -0.571. The molecule has 0 bridgehead atoms. The Morgan fingerprint density at radius 1 is 1.15 bits per heavy atom. The van der Waals surface area contributed by atoms with Crippen LogP contribution in [0.15, 0.2) is 70.0 Å². The van der Waals surface area contributed by atoms with E-state index in [1.54, 1.807) is 36.5 Å². The molecule has 0 unspecified atom stereocenters. The smallest absolute Gasteiger partial charge is 0.344 e. The van der Waals surface area contributed by atoms with Gasteiger partial charge in [0.2, 0.25) is 0 Å². The molecule has 2 aromatic carbocycles. The molecule has 4 rings (SSSR count). The zero-order valence-corrected chi connectivity index (χ0v) is 15.5. The van der Waals surface area contributed by atoms with Gasteiger partial charge in [-0.2, -0.15) is 0 Å². The minimum absolute atomic E-state index is 0.0541. The Labute approximate surface area is 163 Å². The molecule has 0 radical (unpaired) electrons. The third-order valence-electron chi connectivity index (χ3n) is 3.99. The van der Waals surface area contributed by atoms with Crippen molar-refractivity contribution in [2.45, 2.75) is 6.42 Å². The van der Waals surface area contributed by atoms with Crippen LogP contribution in [0.3, 0.4) is 0 Å². The summed E-state index contributed by atoms with van der Waals surface area (Å²) < 4.78 is 5.13. The highest BCUT2D eigenvalue weighted by Crippen LogP contribution is 2.25. The summed E-state index contributed by atoms with van der Waals surface area (Å²) in [4.78, 5) is 29.6. The molecular formula is C20H13ClN2O3S. The summed E-state index contributed by atoms with van der Waals surface area (Å²) in [7, 11) is 0. The Morgan fingerprint density at radius 3 is 2.78 bits per heavy atom. The number of fused-ring (bicyclic) bond motifs is 1. The number of amides is 1. The molecule has 134 valence electrons. The molecule has 1 amide bonds. The number of nitrogens with one attached hydrogen (secondary N) is 1. The summed E-state index contributed by atoms with van der Waals surface area (Å²) in [6.07, 6.45) is 2.32. The van der Waals surface area contributed by atoms with Crippen LogP contribution in [0, 0.1) is 0 Å². The molecule has 1 N–H and O–H groups in total. The number of rotatable bonds is 4. The number of benzene rings is 2. The maximum Gasteiger partial charge on any atom is 0.344 e. The van der Waals surface area contributed by atoms with Crippen LogP contribution in [0.25, 0.3) is 10.8 Å². The molecule has 4 aromatic rings. The maximum atomic E-state index is 12.4. The maximum absolute atomic E-state index is 12.4. The van der Waals surface area contributed by atoms with Crippen molar-refractivity contribution in [1.29, 1.82) is 0 Å². The van der Waals surface area contributed by atoms with Crippen LogP contribution in [0.2, 0.25) is 5.02 Å². The molecule has 0 spiro atoms. The minimum Gasteiger partial charge on any atom is -0.417 e. The second kappa shape index (κ2) is 7.34. The molecule has 2 aromatic heterocycles. The van der Waals surface area contributed by atoms with Crippen LogP contribution >= 0.6 is 22.9 Å². The van der Waals surface area contributed by atoms with Gasteiger partial charge in [-0.25, -0.2) is 9.78 Å². The first-order valence-corrected chi connectivity index (χ1v) is 9.32.